The van der Waals surface area contributed by atoms with Crippen LogP contribution in [0.2, 0.25) is 0 Å². The largest absolute Gasteiger partial charge is 0.358 e. The number of rotatable bonds is 4. The van der Waals surface area contributed by atoms with Gasteiger partial charge in [-0.05, 0) is 31.4 Å². The second-order valence-electron chi connectivity index (χ2n) is 7.30. The first-order valence-corrected chi connectivity index (χ1v) is 10.5. The molecule has 0 N–H and O–H groups in total. The molecule has 0 fully saturated rings. The zero-order valence-electron chi connectivity index (χ0n) is 15.3. The van der Waals surface area contributed by atoms with Crippen molar-refractivity contribution in [3.05, 3.63) is 83.6 Å². The molecule has 0 radical (unpaired) electrons. The normalized spacial score (nSPS) is 18.7. The Balaban J connectivity index is 1.32. The number of fused-ring (bicyclic) bond motifs is 1. The summed E-state index contributed by atoms with van der Waals surface area (Å²) in [7, 11) is 0. The lowest BCUT2D eigenvalue weighted by atomic mass is 9.90. The Morgan fingerprint density at radius 3 is 2.56 bits per heavy atom. The molecule has 3 aromatic rings. The summed E-state index contributed by atoms with van der Waals surface area (Å²) in [4.78, 5) is 11.3. The Labute approximate surface area is 164 Å². The van der Waals surface area contributed by atoms with Crippen molar-refractivity contribution in [3.63, 3.8) is 0 Å². The number of anilines is 1. The van der Waals surface area contributed by atoms with Crippen LogP contribution in [0.4, 0.5) is 5.69 Å². The van der Waals surface area contributed by atoms with E-state index in [-0.39, 0.29) is 0 Å². The molecular formula is C23H23N3S. The molecule has 3 nitrogen and oxygen atoms in total. The van der Waals surface area contributed by atoms with E-state index in [1.807, 2.05) is 11.3 Å². The second kappa shape index (κ2) is 7.20. The van der Waals surface area contributed by atoms with Crippen LogP contribution < -0.4 is 4.90 Å². The number of thiazole rings is 1. The number of nitrogens with zero attached hydrogens (tertiary/aromatic N) is 3. The molecule has 1 aliphatic carbocycles. The van der Waals surface area contributed by atoms with Crippen molar-refractivity contribution in [1.82, 2.24) is 9.88 Å². The summed E-state index contributed by atoms with van der Waals surface area (Å²) in [5.74, 6) is 0.530. The fourth-order valence-corrected chi connectivity index (χ4v) is 5.24. The summed E-state index contributed by atoms with van der Waals surface area (Å²) in [6.45, 7) is 1.97. The topological polar surface area (TPSA) is 19.4 Å². The lowest BCUT2D eigenvalue weighted by molar-refractivity contribution is 0.350. The van der Waals surface area contributed by atoms with Crippen molar-refractivity contribution in [2.24, 2.45) is 0 Å². The molecule has 1 aliphatic heterocycles. The number of benzene rings is 2. The van der Waals surface area contributed by atoms with Crippen LogP contribution in [-0.4, -0.2) is 23.1 Å². The maximum atomic E-state index is 5.08. The molecule has 0 saturated carbocycles. The summed E-state index contributed by atoms with van der Waals surface area (Å²) in [6, 6.07) is 21.2. The van der Waals surface area contributed by atoms with E-state index < -0.39 is 0 Å². The van der Waals surface area contributed by atoms with E-state index in [0.29, 0.717) is 5.92 Å². The maximum Gasteiger partial charge on any atom is 0.123 e. The monoisotopic (exact) mass is 373 g/mol. The molecule has 5 rings (SSSR count). The van der Waals surface area contributed by atoms with Crippen LogP contribution in [0.3, 0.4) is 0 Å². The molecular weight excluding hydrogens is 350 g/mol. The molecule has 0 bridgehead atoms. The van der Waals surface area contributed by atoms with Crippen molar-refractivity contribution in [3.8, 4) is 10.6 Å². The second-order valence-corrected chi connectivity index (χ2v) is 8.38. The Morgan fingerprint density at radius 2 is 1.74 bits per heavy atom. The van der Waals surface area contributed by atoms with Gasteiger partial charge in [-0.3, -0.25) is 0 Å². The fourth-order valence-electron chi connectivity index (χ4n) is 4.04. The molecule has 0 amide bonds. The van der Waals surface area contributed by atoms with Crippen LogP contribution in [-0.2, 0) is 6.42 Å². The van der Waals surface area contributed by atoms with Crippen LogP contribution in [0, 0.1) is 0 Å². The number of aryl methyl sites for hydroxylation is 1. The predicted molar refractivity (Wildman–Crippen MR) is 113 cm³/mol. The molecule has 0 saturated heterocycles. The van der Waals surface area contributed by atoms with Crippen LogP contribution in [0.25, 0.3) is 10.6 Å². The summed E-state index contributed by atoms with van der Waals surface area (Å²) in [5.41, 5.74) is 3.84. The van der Waals surface area contributed by atoms with Gasteiger partial charge in [0.25, 0.3) is 0 Å². The SMILES string of the molecule is C1=CN(c2ccccc2)CN1C[C@H]1CCCc2sc(-c3ccccc3)nc21. The van der Waals surface area contributed by atoms with Gasteiger partial charge < -0.3 is 9.80 Å². The number of hydrogen-bond acceptors (Lipinski definition) is 4. The molecule has 2 heterocycles. The van der Waals surface area contributed by atoms with Gasteiger partial charge in [-0.15, -0.1) is 11.3 Å². The van der Waals surface area contributed by atoms with E-state index in [2.05, 4.69) is 82.9 Å². The van der Waals surface area contributed by atoms with Crippen LogP contribution in [0.1, 0.15) is 29.3 Å². The van der Waals surface area contributed by atoms with Gasteiger partial charge in [0.15, 0.2) is 0 Å². The molecule has 4 heteroatoms. The van der Waals surface area contributed by atoms with Crippen molar-refractivity contribution in [1.29, 1.82) is 0 Å². The zero-order chi connectivity index (χ0) is 18.1. The van der Waals surface area contributed by atoms with Gasteiger partial charge in [-0.1, -0.05) is 48.5 Å². The van der Waals surface area contributed by atoms with Crippen molar-refractivity contribution in [2.45, 2.75) is 25.2 Å². The third kappa shape index (κ3) is 3.37. The average molecular weight is 374 g/mol. The Bertz CT molecular complexity index is 933. The van der Waals surface area contributed by atoms with Crippen LogP contribution in [0.15, 0.2) is 73.1 Å². The van der Waals surface area contributed by atoms with Gasteiger partial charge >= 0.3 is 0 Å². The molecule has 2 aromatic carbocycles. The van der Waals surface area contributed by atoms with Gasteiger partial charge in [0, 0.05) is 41.0 Å². The highest BCUT2D eigenvalue weighted by Crippen LogP contribution is 2.39. The summed E-state index contributed by atoms with van der Waals surface area (Å²) in [6.07, 6.45) is 8.11. The number of hydrogen-bond donors (Lipinski definition) is 0. The standard InChI is InChI=1S/C23H23N3S/c1-3-8-18(9-4-1)23-24-22-19(10-7-13-21(22)27-23)16-25-14-15-26(17-25)20-11-5-2-6-12-20/h1-6,8-9,11-12,14-15,19H,7,10,13,16-17H2/t19-/m1/s1. The highest BCUT2D eigenvalue weighted by Gasteiger charge is 2.27. The van der Waals surface area contributed by atoms with E-state index >= 15 is 0 Å². The van der Waals surface area contributed by atoms with Gasteiger partial charge in [0.05, 0.1) is 12.4 Å². The Kier molecular flexibility index (Phi) is 4.42. The van der Waals surface area contributed by atoms with E-state index in [1.54, 1.807) is 0 Å². The Morgan fingerprint density at radius 1 is 0.963 bits per heavy atom. The van der Waals surface area contributed by atoms with Crippen molar-refractivity contribution in [2.75, 3.05) is 18.1 Å². The first-order chi connectivity index (χ1) is 13.4. The third-order valence-corrected chi connectivity index (χ3v) is 6.61. The van der Waals surface area contributed by atoms with Crippen LogP contribution >= 0.6 is 11.3 Å². The number of para-hydroxylation sites is 1. The summed E-state index contributed by atoms with van der Waals surface area (Å²) in [5, 5.41) is 1.18. The highest BCUT2D eigenvalue weighted by atomic mass is 32.1. The quantitative estimate of drug-likeness (QED) is 0.603. The molecule has 0 spiro atoms. The first-order valence-electron chi connectivity index (χ1n) is 9.66. The minimum Gasteiger partial charge on any atom is -0.358 e. The molecule has 0 unspecified atom stereocenters. The Hall–Kier alpha value is -2.59. The van der Waals surface area contributed by atoms with Gasteiger partial charge in [0.2, 0.25) is 0 Å². The number of aromatic nitrogens is 1. The lowest BCUT2D eigenvalue weighted by Crippen LogP contribution is -2.29. The van der Waals surface area contributed by atoms with Gasteiger partial charge in [-0.25, -0.2) is 4.98 Å². The molecule has 1 atom stereocenters. The predicted octanol–water partition coefficient (Wildman–Crippen LogP) is 5.48. The van der Waals surface area contributed by atoms with E-state index in [0.717, 1.165) is 13.2 Å². The highest BCUT2D eigenvalue weighted by molar-refractivity contribution is 7.15. The summed E-state index contributed by atoms with van der Waals surface area (Å²) >= 11 is 1.89. The smallest absolute Gasteiger partial charge is 0.123 e. The summed E-state index contributed by atoms with van der Waals surface area (Å²) < 4.78 is 0. The maximum absolute atomic E-state index is 5.08. The minimum absolute atomic E-state index is 0.530. The van der Waals surface area contributed by atoms with E-state index in [1.165, 1.54) is 46.1 Å². The zero-order valence-corrected chi connectivity index (χ0v) is 16.1. The van der Waals surface area contributed by atoms with E-state index in [4.69, 9.17) is 4.98 Å². The third-order valence-electron chi connectivity index (χ3n) is 5.43. The average Bonchev–Trinajstić information content (AvgIpc) is 3.37. The van der Waals surface area contributed by atoms with Crippen molar-refractivity contribution >= 4 is 17.0 Å². The fraction of sp³-hybridized carbons (Fsp3) is 0.261. The lowest BCUT2D eigenvalue weighted by Gasteiger charge is -2.27. The van der Waals surface area contributed by atoms with Gasteiger partial charge in [0.1, 0.15) is 5.01 Å². The van der Waals surface area contributed by atoms with E-state index in [9.17, 15) is 0 Å². The first kappa shape index (κ1) is 16.6. The molecule has 1 aromatic heterocycles. The van der Waals surface area contributed by atoms with Gasteiger partial charge in [-0.2, -0.15) is 0 Å². The molecule has 2 aliphatic rings. The minimum atomic E-state index is 0.530. The van der Waals surface area contributed by atoms with Crippen molar-refractivity contribution < 1.29 is 0 Å². The van der Waals surface area contributed by atoms with Crippen LogP contribution in [0.5, 0.6) is 0 Å². The molecule has 27 heavy (non-hydrogen) atoms. The molecule has 136 valence electrons.